The molecule has 1 atom stereocenters. The van der Waals surface area contributed by atoms with Crippen LogP contribution in [-0.4, -0.2) is 27.1 Å². The number of hydrogen-bond donors (Lipinski definition) is 3. The monoisotopic (exact) mass is 374 g/mol. The van der Waals surface area contributed by atoms with Crippen LogP contribution in [0.4, 0.5) is 5.69 Å². The van der Waals surface area contributed by atoms with Gasteiger partial charge in [0.05, 0.1) is 4.92 Å². The number of nitro groups is 1. The second kappa shape index (κ2) is 11.9. The lowest BCUT2D eigenvalue weighted by Gasteiger charge is -2.11. The smallest absolute Gasteiger partial charge is 0.328 e. The Bertz CT molecular complexity index is 774. The van der Waals surface area contributed by atoms with Crippen LogP contribution in [0.3, 0.4) is 0 Å². The molecule has 0 bridgehead atoms. The first kappa shape index (κ1) is 23.5. The van der Waals surface area contributed by atoms with Gasteiger partial charge in [0.25, 0.3) is 5.69 Å². The molecule has 0 radical (unpaired) electrons. The average Bonchev–Trinajstić information content (AvgIpc) is 2.61. The molecule has 0 saturated heterocycles. The van der Waals surface area contributed by atoms with E-state index >= 15 is 0 Å². The number of benzene rings is 2. The highest BCUT2D eigenvalue weighted by molar-refractivity contribution is 5.89. The number of nitro benzene ring substituents is 1. The predicted octanol–water partition coefficient (Wildman–Crippen LogP) is 3.81. The second-order valence-electron chi connectivity index (χ2n) is 5.45. The summed E-state index contributed by atoms with van der Waals surface area (Å²) >= 11 is 0. The summed E-state index contributed by atoms with van der Waals surface area (Å²) in [5.74, 6) is -2.24. The van der Waals surface area contributed by atoms with E-state index in [1.165, 1.54) is 11.6 Å². The number of carboxylic acids is 2. The lowest BCUT2D eigenvalue weighted by molar-refractivity contribution is -0.384. The van der Waals surface area contributed by atoms with E-state index in [4.69, 9.17) is 10.2 Å². The predicted molar refractivity (Wildman–Crippen MR) is 101 cm³/mol. The zero-order valence-corrected chi connectivity index (χ0v) is 14.8. The summed E-state index contributed by atoms with van der Waals surface area (Å²) in [6.07, 6.45) is 2.01. The minimum absolute atomic E-state index is 0. The van der Waals surface area contributed by atoms with Crippen LogP contribution in [0.2, 0.25) is 0 Å². The molecule has 144 valence electrons. The summed E-state index contributed by atoms with van der Waals surface area (Å²) in [7, 11) is 0. The van der Waals surface area contributed by atoms with Crippen molar-refractivity contribution >= 4 is 17.6 Å². The van der Waals surface area contributed by atoms with Crippen LogP contribution < -0.4 is 6.15 Å². The molecule has 2 aromatic carbocycles. The Kier molecular flexibility index (Phi) is 10.4. The van der Waals surface area contributed by atoms with E-state index in [0.717, 1.165) is 12.0 Å². The molecule has 0 aromatic heterocycles. The SMILES string of the molecule is CC(Cc1ccccc1)c1cccc([N+](=O)[O-])c1.N.O=C(O)C=CC(=O)O. The molecule has 0 fully saturated rings. The van der Waals surface area contributed by atoms with Gasteiger partial charge in [-0.25, -0.2) is 9.59 Å². The van der Waals surface area contributed by atoms with E-state index in [2.05, 4.69) is 19.1 Å². The molecule has 2 rings (SSSR count). The fourth-order valence-electron chi connectivity index (χ4n) is 2.17. The number of carboxylic acid groups (broad SMARTS) is 2. The molecule has 0 amide bonds. The van der Waals surface area contributed by atoms with Crippen molar-refractivity contribution in [1.82, 2.24) is 6.15 Å². The largest absolute Gasteiger partial charge is 0.478 e. The number of rotatable bonds is 6. The number of hydrogen-bond acceptors (Lipinski definition) is 5. The van der Waals surface area contributed by atoms with Gasteiger partial charge in [0.1, 0.15) is 0 Å². The Labute approximate surface area is 156 Å². The number of non-ortho nitro benzene ring substituents is 1. The maximum Gasteiger partial charge on any atom is 0.328 e. The number of aliphatic carboxylic acids is 2. The summed E-state index contributed by atoms with van der Waals surface area (Å²) in [5, 5.41) is 26.4. The highest BCUT2D eigenvalue weighted by Crippen LogP contribution is 2.23. The minimum Gasteiger partial charge on any atom is -0.478 e. The van der Waals surface area contributed by atoms with Crippen LogP contribution >= 0.6 is 0 Å². The van der Waals surface area contributed by atoms with E-state index in [0.29, 0.717) is 12.2 Å². The van der Waals surface area contributed by atoms with Crippen LogP contribution in [0.25, 0.3) is 0 Å². The fourth-order valence-corrected chi connectivity index (χ4v) is 2.17. The lowest BCUT2D eigenvalue weighted by Crippen LogP contribution is -1.99. The molecule has 0 aliphatic rings. The van der Waals surface area contributed by atoms with Gasteiger partial charge in [-0.2, -0.15) is 0 Å². The van der Waals surface area contributed by atoms with Crippen molar-refractivity contribution in [2.75, 3.05) is 0 Å². The van der Waals surface area contributed by atoms with Gasteiger partial charge < -0.3 is 16.4 Å². The highest BCUT2D eigenvalue weighted by Gasteiger charge is 2.11. The third-order valence-electron chi connectivity index (χ3n) is 3.40. The molecule has 8 heteroatoms. The van der Waals surface area contributed by atoms with E-state index in [1.807, 2.05) is 24.3 Å². The van der Waals surface area contributed by atoms with Crippen LogP contribution in [0.15, 0.2) is 66.7 Å². The van der Waals surface area contributed by atoms with Crippen LogP contribution in [0, 0.1) is 10.1 Å². The van der Waals surface area contributed by atoms with Crippen molar-refractivity contribution < 1.29 is 24.7 Å². The van der Waals surface area contributed by atoms with Crippen molar-refractivity contribution in [1.29, 1.82) is 0 Å². The number of carbonyl (C=O) groups is 2. The van der Waals surface area contributed by atoms with Gasteiger partial charge in [-0.05, 0) is 23.5 Å². The molecule has 0 saturated carbocycles. The molecular formula is C19H22N2O6. The summed E-state index contributed by atoms with van der Waals surface area (Å²) < 4.78 is 0. The third-order valence-corrected chi connectivity index (χ3v) is 3.40. The molecule has 27 heavy (non-hydrogen) atoms. The molecule has 0 aliphatic carbocycles. The third kappa shape index (κ3) is 9.51. The Morgan fingerprint density at radius 3 is 2.07 bits per heavy atom. The zero-order chi connectivity index (χ0) is 19.5. The first-order valence-corrected chi connectivity index (χ1v) is 7.71. The van der Waals surface area contributed by atoms with Gasteiger partial charge in [0.15, 0.2) is 0 Å². The molecule has 8 nitrogen and oxygen atoms in total. The van der Waals surface area contributed by atoms with Crippen LogP contribution in [0.1, 0.15) is 24.0 Å². The molecule has 1 unspecified atom stereocenters. The first-order chi connectivity index (χ1) is 12.3. The lowest BCUT2D eigenvalue weighted by atomic mass is 9.93. The van der Waals surface area contributed by atoms with Crippen LogP contribution in [0.5, 0.6) is 0 Å². The molecule has 5 N–H and O–H groups in total. The zero-order valence-electron chi connectivity index (χ0n) is 14.8. The Hall–Kier alpha value is -3.52. The van der Waals surface area contributed by atoms with Crippen molar-refractivity contribution in [3.8, 4) is 0 Å². The maximum absolute atomic E-state index is 10.7. The second-order valence-corrected chi connectivity index (χ2v) is 5.45. The average molecular weight is 374 g/mol. The maximum atomic E-state index is 10.7. The summed E-state index contributed by atoms with van der Waals surface area (Å²) in [6.45, 7) is 2.09. The minimum atomic E-state index is -1.26. The van der Waals surface area contributed by atoms with Gasteiger partial charge in [-0.15, -0.1) is 0 Å². The standard InChI is InChI=1S/C15H15NO2.C4H4O4.H3N/c1-12(10-13-6-3-2-4-7-13)14-8-5-9-15(11-14)16(17)18;5-3(6)1-2-4(7)8;/h2-9,11-12H,10H2,1H3;1-2H,(H,5,6)(H,7,8);1H3. The van der Waals surface area contributed by atoms with E-state index < -0.39 is 11.9 Å². The molecule has 0 spiro atoms. The van der Waals surface area contributed by atoms with Gasteiger partial charge >= 0.3 is 11.9 Å². The number of nitrogens with zero attached hydrogens (tertiary/aromatic N) is 1. The quantitative estimate of drug-likeness (QED) is 0.394. The van der Waals surface area contributed by atoms with Crippen molar-refractivity contribution in [2.24, 2.45) is 0 Å². The summed E-state index contributed by atoms with van der Waals surface area (Å²) in [6, 6.07) is 17.0. The Morgan fingerprint density at radius 2 is 1.59 bits per heavy atom. The van der Waals surface area contributed by atoms with Gasteiger partial charge in [-0.3, -0.25) is 10.1 Å². The van der Waals surface area contributed by atoms with Gasteiger partial charge in [0, 0.05) is 24.3 Å². The van der Waals surface area contributed by atoms with Crippen LogP contribution in [-0.2, 0) is 16.0 Å². The topological polar surface area (TPSA) is 153 Å². The highest BCUT2D eigenvalue weighted by atomic mass is 16.6. The van der Waals surface area contributed by atoms with Crippen molar-refractivity contribution in [3.05, 3.63) is 88.0 Å². The molecular weight excluding hydrogens is 352 g/mol. The Balaban J connectivity index is 0.000000645. The summed E-state index contributed by atoms with van der Waals surface area (Å²) in [5.41, 5.74) is 2.41. The van der Waals surface area contributed by atoms with E-state index in [1.54, 1.807) is 12.1 Å². The Morgan fingerprint density at radius 1 is 1.04 bits per heavy atom. The molecule has 0 aliphatic heterocycles. The van der Waals surface area contributed by atoms with Gasteiger partial charge in [0.2, 0.25) is 0 Å². The molecule has 0 heterocycles. The van der Waals surface area contributed by atoms with Gasteiger partial charge in [-0.1, -0.05) is 49.4 Å². The van der Waals surface area contributed by atoms with E-state index in [9.17, 15) is 19.7 Å². The molecule has 2 aromatic rings. The first-order valence-electron chi connectivity index (χ1n) is 7.71. The van der Waals surface area contributed by atoms with Crippen molar-refractivity contribution in [2.45, 2.75) is 19.3 Å². The normalized spacial score (nSPS) is 10.9. The van der Waals surface area contributed by atoms with E-state index in [-0.39, 0.29) is 22.7 Å². The summed E-state index contributed by atoms with van der Waals surface area (Å²) in [4.78, 5) is 29.5. The van der Waals surface area contributed by atoms with Crippen molar-refractivity contribution in [3.63, 3.8) is 0 Å². The fraction of sp³-hybridized carbons (Fsp3) is 0.158.